The Hall–Kier alpha value is -2.73. The van der Waals surface area contributed by atoms with Crippen LogP contribution in [0.5, 0.6) is 0 Å². The summed E-state index contributed by atoms with van der Waals surface area (Å²) < 4.78 is 15.5. The second-order valence-electron chi connectivity index (χ2n) is 7.11. The zero-order valence-corrected chi connectivity index (χ0v) is 15.2. The van der Waals surface area contributed by atoms with Crippen LogP contribution in [0, 0.1) is 5.82 Å². The van der Waals surface area contributed by atoms with Crippen LogP contribution in [0.4, 0.5) is 4.39 Å². The summed E-state index contributed by atoms with van der Waals surface area (Å²) in [7, 11) is 0. The number of hydrogen-bond acceptors (Lipinski definition) is 3. The number of carbonyl (C=O) groups excluding carboxylic acids is 1. The minimum Gasteiger partial charge on any atom is -0.348 e. The van der Waals surface area contributed by atoms with E-state index in [1.54, 1.807) is 12.1 Å². The number of aromatic nitrogens is 2. The number of benzene rings is 2. The summed E-state index contributed by atoms with van der Waals surface area (Å²) >= 11 is 0. The summed E-state index contributed by atoms with van der Waals surface area (Å²) in [6.45, 7) is 5.81. The Bertz CT molecular complexity index is 925. The number of amides is 1. The molecule has 0 aliphatic rings. The Morgan fingerprint density at radius 1 is 1.27 bits per heavy atom. The Labute approximate surface area is 152 Å². The van der Waals surface area contributed by atoms with E-state index in [9.17, 15) is 9.18 Å². The number of fused-ring (bicyclic) bond motifs is 1. The molecule has 26 heavy (non-hydrogen) atoms. The summed E-state index contributed by atoms with van der Waals surface area (Å²) in [5, 5.41) is 2.94. The third-order valence-electron chi connectivity index (χ3n) is 4.44. The summed E-state index contributed by atoms with van der Waals surface area (Å²) in [6.07, 6.45) is 1.48. The fraction of sp³-hybridized carbons (Fsp3) is 0.300. The van der Waals surface area contributed by atoms with Crippen LogP contribution >= 0.6 is 0 Å². The smallest absolute Gasteiger partial charge is 0.240 e. The molecule has 0 radical (unpaired) electrons. The highest BCUT2D eigenvalue weighted by Crippen LogP contribution is 2.20. The van der Waals surface area contributed by atoms with Crippen molar-refractivity contribution in [2.24, 2.45) is 5.73 Å². The van der Waals surface area contributed by atoms with Crippen LogP contribution < -0.4 is 11.1 Å². The topological polar surface area (TPSA) is 72.9 Å². The first kappa shape index (κ1) is 18.1. The fourth-order valence-corrected chi connectivity index (χ4v) is 2.93. The molecule has 1 atom stereocenters. The molecule has 0 aliphatic heterocycles. The zero-order chi connectivity index (χ0) is 18.9. The summed E-state index contributed by atoms with van der Waals surface area (Å²) in [5.74, 6) is -0.593. The predicted molar refractivity (Wildman–Crippen MR) is 99.9 cm³/mol. The van der Waals surface area contributed by atoms with Crippen molar-refractivity contribution < 1.29 is 9.18 Å². The van der Waals surface area contributed by atoms with E-state index >= 15 is 0 Å². The number of hydrogen-bond donors (Lipinski definition) is 2. The van der Waals surface area contributed by atoms with Crippen LogP contribution in [0.1, 0.15) is 37.9 Å². The molecule has 0 saturated carbocycles. The molecule has 3 aromatic rings. The van der Waals surface area contributed by atoms with Crippen molar-refractivity contribution in [3.8, 4) is 0 Å². The maximum atomic E-state index is 14.0. The SMILES string of the molecule is CC(NC(=O)Cn1cnc2cccc(F)c21)c1ccc(C(C)(C)N)cc1. The van der Waals surface area contributed by atoms with Gasteiger partial charge in [0.05, 0.1) is 17.9 Å². The molecule has 1 aromatic heterocycles. The lowest BCUT2D eigenvalue weighted by Gasteiger charge is -2.21. The van der Waals surface area contributed by atoms with Crippen molar-refractivity contribution in [2.45, 2.75) is 38.9 Å². The molecule has 0 fully saturated rings. The van der Waals surface area contributed by atoms with Crippen molar-refractivity contribution in [2.75, 3.05) is 0 Å². The van der Waals surface area contributed by atoms with Gasteiger partial charge in [-0.2, -0.15) is 0 Å². The highest BCUT2D eigenvalue weighted by molar-refractivity contribution is 5.81. The number of halogens is 1. The van der Waals surface area contributed by atoms with E-state index in [0.717, 1.165) is 11.1 Å². The first-order valence-electron chi connectivity index (χ1n) is 8.54. The van der Waals surface area contributed by atoms with Gasteiger partial charge in [0.1, 0.15) is 17.9 Å². The number of carbonyl (C=O) groups is 1. The van der Waals surface area contributed by atoms with E-state index in [1.165, 1.54) is 17.0 Å². The average Bonchev–Trinajstić information content (AvgIpc) is 2.98. The van der Waals surface area contributed by atoms with Crippen molar-refractivity contribution in [3.05, 3.63) is 65.7 Å². The van der Waals surface area contributed by atoms with Gasteiger partial charge < -0.3 is 15.6 Å². The lowest BCUT2D eigenvalue weighted by molar-refractivity contribution is -0.122. The van der Waals surface area contributed by atoms with E-state index in [1.807, 2.05) is 45.0 Å². The first-order chi connectivity index (χ1) is 12.3. The van der Waals surface area contributed by atoms with Crippen molar-refractivity contribution in [1.82, 2.24) is 14.9 Å². The molecule has 0 saturated heterocycles. The van der Waals surface area contributed by atoms with E-state index in [2.05, 4.69) is 10.3 Å². The molecule has 2 aromatic carbocycles. The van der Waals surface area contributed by atoms with Crippen LogP contribution in [0.15, 0.2) is 48.8 Å². The molecule has 6 heteroatoms. The van der Waals surface area contributed by atoms with Gasteiger partial charge in [0, 0.05) is 5.54 Å². The third kappa shape index (κ3) is 3.75. The Morgan fingerprint density at radius 2 is 1.96 bits per heavy atom. The normalized spacial score (nSPS) is 13.0. The van der Waals surface area contributed by atoms with Gasteiger partial charge in [0.15, 0.2) is 0 Å². The summed E-state index contributed by atoms with van der Waals surface area (Å²) in [4.78, 5) is 16.5. The molecular weight excluding hydrogens is 331 g/mol. The molecule has 1 amide bonds. The Balaban J connectivity index is 1.69. The Kier molecular flexibility index (Phi) is 4.78. The molecule has 136 valence electrons. The van der Waals surface area contributed by atoms with Crippen LogP contribution in [-0.2, 0) is 16.9 Å². The van der Waals surface area contributed by atoms with Crippen molar-refractivity contribution in [1.29, 1.82) is 0 Å². The standard InChI is InChI=1S/C20H23FN4O/c1-13(14-7-9-15(10-8-14)20(2,3)22)24-18(26)11-25-12-23-17-6-4-5-16(21)19(17)25/h4-10,12-13H,11,22H2,1-3H3,(H,24,26). The van der Waals surface area contributed by atoms with Gasteiger partial charge in [0.2, 0.25) is 5.91 Å². The molecule has 3 N–H and O–H groups in total. The maximum absolute atomic E-state index is 14.0. The molecule has 1 unspecified atom stereocenters. The zero-order valence-electron chi connectivity index (χ0n) is 15.2. The number of imidazole rings is 1. The number of nitrogens with one attached hydrogen (secondary N) is 1. The maximum Gasteiger partial charge on any atom is 0.240 e. The largest absolute Gasteiger partial charge is 0.348 e. The number of rotatable bonds is 5. The second kappa shape index (κ2) is 6.88. The quantitative estimate of drug-likeness (QED) is 0.739. The molecule has 0 spiro atoms. The minimum absolute atomic E-state index is 0.00961. The molecular formula is C20H23FN4O. The third-order valence-corrected chi connectivity index (χ3v) is 4.44. The second-order valence-corrected chi connectivity index (χ2v) is 7.11. The van der Waals surface area contributed by atoms with Gasteiger partial charge in [-0.15, -0.1) is 0 Å². The molecule has 0 bridgehead atoms. The minimum atomic E-state index is -0.405. The average molecular weight is 354 g/mol. The van der Waals surface area contributed by atoms with E-state index in [4.69, 9.17) is 5.73 Å². The molecule has 5 nitrogen and oxygen atoms in total. The van der Waals surface area contributed by atoms with Crippen LogP contribution in [0.25, 0.3) is 11.0 Å². The van der Waals surface area contributed by atoms with E-state index in [-0.39, 0.29) is 24.3 Å². The van der Waals surface area contributed by atoms with Gasteiger partial charge in [-0.25, -0.2) is 9.37 Å². The van der Waals surface area contributed by atoms with Gasteiger partial charge in [-0.3, -0.25) is 4.79 Å². The van der Waals surface area contributed by atoms with Gasteiger partial charge in [-0.05, 0) is 44.0 Å². The van der Waals surface area contributed by atoms with Gasteiger partial charge in [0.25, 0.3) is 0 Å². The molecule has 0 aliphatic carbocycles. The molecule has 1 heterocycles. The van der Waals surface area contributed by atoms with E-state index in [0.29, 0.717) is 11.0 Å². The first-order valence-corrected chi connectivity index (χ1v) is 8.54. The highest BCUT2D eigenvalue weighted by atomic mass is 19.1. The monoisotopic (exact) mass is 354 g/mol. The van der Waals surface area contributed by atoms with Crippen LogP contribution in [-0.4, -0.2) is 15.5 Å². The number of nitrogens with two attached hydrogens (primary N) is 1. The fourth-order valence-electron chi connectivity index (χ4n) is 2.93. The van der Waals surface area contributed by atoms with E-state index < -0.39 is 5.54 Å². The molecule has 3 rings (SSSR count). The Morgan fingerprint density at radius 3 is 2.62 bits per heavy atom. The summed E-state index contributed by atoms with van der Waals surface area (Å²) in [6, 6.07) is 12.4. The predicted octanol–water partition coefficient (Wildman–Crippen LogP) is 3.25. The lowest BCUT2D eigenvalue weighted by atomic mass is 9.94. The van der Waals surface area contributed by atoms with Crippen LogP contribution in [0.3, 0.4) is 0 Å². The van der Waals surface area contributed by atoms with Gasteiger partial charge >= 0.3 is 0 Å². The van der Waals surface area contributed by atoms with Crippen LogP contribution in [0.2, 0.25) is 0 Å². The number of nitrogens with zero attached hydrogens (tertiary/aromatic N) is 2. The lowest BCUT2D eigenvalue weighted by Crippen LogP contribution is -2.30. The number of para-hydroxylation sites is 1. The highest BCUT2D eigenvalue weighted by Gasteiger charge is 2.16. The summed E-state index contributed by atoms with van der Waals surface area (Å²) in [5.41, 5.74) is 8.56. The van der Waals surface area contributed by atoms with Gasteiger partial charge in [-0.1, -0.05) is 30.3 Å². The van der Waals surface area contributed by atoms with Crippen molar-refractivity contribution >= 4 is 16.9 Å². The van der Waals surface area contributed by atoms with Crippen molar-refractivity contribution in [3.63, 3.8) is 0 Å².